The second kappa shape index (κ2) is 5.56. The highest BCUT2D eigenvalue weighted by molar-refractivity contribution is 9.10. The predicted octanol–water partition coefficient (Wildman–Crippen LogP) is 3.28. The van der Waals surface area contributed by atoms with Gasteiger partial charge in [-0.25, -0.2) is 14.2 Å². The number of nitrogens with two attached hydrogens (primary N) is 1. The lowest BCUT2D eigenvalue weighted by Crippen LogP contribution is -2.29. The average Bonchev–Trinajstić information content (AvgIpc) is 2.35. The van der Waals surface area contributed by atoms with Crippen LogP contribution in [0.15, 0.2) is 46.9 Å². The summed E-state index contributed by atoms with van der Waals surface area (Å²) in [5, 5.41) is 0. The Morgan fingerprint density at radius 2 is 1.83 bits per heavy atom. The van der Waals surface area contributed by atoms with Crippen molar-refractivity contribution in [1.82, 2.24) is 5.43 Å². The summed E-state index contributed by atoms with van der Waals surface area (Å²) in [6.07, 6.45) is 0. The third-order valence-electron chi connectivity index (χ3n) is 2.64. The number of nitrogens with one attached hydrogen (secondary N) is 1. The zero-order valence-corrected chi connectivity index (χ0v) is 10.9. The minimum atomic E-state index is -0.481. The summed E-state index contributed by atoms with van der Waals surface area (Å²) in [7, 11) is 0. The molecule has 0 spiro atoms. The summed E-state index contributed by atoms with van der Waals surface area (Å²) in [5.41, 5.74) is 3.81. The van der Waals surface area contributed by atoms with E-state index in [1.807, 2.05) is 0 Å². The fraction of sp³-hybridized carbons (Fsp3) is 0.0769. The molecular formula is C13H11BrF2N2. The van der Waals surface area contributed by atoms with Crippen LogP contribution in [0.5, 0.6) is 0 Å². The minimum absolute atomic E-state index is 0.317. The lowest BCUT2D eigenvalue weighted by atomic mass is 9.99. The van der Waals surface area contributed by atoms with Crippen molar-refractivity contribution < 1.29 is 8.78 Å². The highest BCUT2D eigenvalue weighted by atomic mass is 79.9. The van der Waals surface area contributed by atoms with Crippen molar-refractivity contribution in [2.24, 2.45) is 5.84 Å². The van der Waals surface area contributed by atoms with Gasteiger partial charge >= 0.3 is 0 Å². The molecule has 0 aliphatic heterocycles. The molecule has 0 fully saturated rings. The Balaban J connectivity index is 2.49. The quantitative estimate of drug-likeness (QED) is 0.674. The van der Waals surface area contributed by atoms with Gasteiger partial charge in [-0.15, -0.1) is 0 Å². The summed E-state index contributed by atoms with van der Waals surface area (Å²) >= 11 is 3.17. The van der Waals surface area contributed by atoms with Crippen molar-refractivity contribution in [2.45, 2.75) is 6.04 Å². The smallest absolute Gasteiger partial charge is 0.137 e. The molecule has 0 heterocycles. The summed E-state index contributed by atoms with van der Waals surface area (Å²) in [5.74, 6) is 4.74. The van der Waals surface area contributed by atoms with Gasteiger partial charge in [0, 0.05) is 0 Å². The van der Waals surface area contributed by atoms with Crippen LogP contribution in [-0.4, -0.2) is 0 Å². The van der Waals surface area contributed by atoms with E-state index in [1.54, 1.807) is 24.3 Å². The minimum Gasteiger partial charge on any atom is -0.271 e. The first-order valence-corrected chi connectivity index (χ1v) is 6.08. The fourth-order valence-corrected chi connectivity index (χ4v) is 2.29. The first kappa shape index (κ1) is 13.1. The fourth-order valence-electron chi connectivity index (χ4n) is 1.80. The van der Waals surface area contributed by atoms with E-state index in [0.717, 1.165) is 0 Å². The number of hydrazine groups is 1. The van der Waals surface area contributed by atoms with E-state index in [2.05, 4.69) is 21.4 Å². The Morgan fingerprint density at radius 1 is 1.11 bits per heavy atom. The molecule has 0 aliphatic carbocycles. The van der Waals surface area contributed by atoms with Gasteiger partial charge in [0.25, 0.3) is 0 Å². The van der Waals surface area contributed by atoms with E-state index in [1.165, 1.54) is 18.2 Å². The van der Waals surface area contributed by atoms with E-state index in [-0.39, 0.29) is 11.6 Å². The number of rotatable bonds is 3. The highest BCUT2D eigenvalue weighted by Crippen LogP contribution is 2.30. The molecule has 3 N–H and O–H groups in total. The van der Waals surface area contributed by atoms with Crippen LogP contribution in [0.3, 0.4) is 0 Å². The summed E-state index contributed by atoms with van der Waals surface area (Å²) in [4.78, 5) is 0. The Labute approximate surface area is 112 Å². The zero-order valence-electron chi connectivity index (χ0n) is 9.33. The molecule has 0 radical (unpaired) electrons. The van der Waals surface area contributed by atoms with Crippen molar-refractivity contribution >= 4 is 15.9 Å². The standard InChI is InChI=1S/C13H11BrF2N2/c14-12-10(5-2-6-11(12)16)13(18-17)8-3-1-4-9(15)7-8/h1-7,13,18H,17H2. The highest BCUT2D eigenvalue weighted by Gasteiger charge is 2.17. The van der Waals surface area contributed by atoms with Gasteiger partial charge in [0.15, 0.2) is 0 Å². The van der Waals surface area contributed by atoms with E-state index in [0.29, 0.717) is 15.6 Å². The number of halogens is 3. The second-order valence-corrected chi connectivity index (χ2v) is 4.59. The maximum atomic E-state index is 13.5. The van der Waals surface area contributed by atoms with E-state index >= 15 is 0 Å². The van der Waals surface area contributed by atoms with Gasteiger partial charge in [-0.2, -0.15) is 0 Å². The molecule has 0 aromatic heterocycles. The molecule has 2 aromatic carbocycles. The molecule has 1 atom stereocenters. The molecule has 2 rings (SSSR count). The third-order valence-corrected chi connectivity index (χ3v) is 3.48. The van der Waals surface area contributed by atoms with E-state index in [9.17, 15) is 8.78 Å². The molecule has 0 saturated carbocycles. The number of hydrogen-bond donors (Lipinski definition) is 2. The predicted molar refractivity (Wildman–Crippen MR) is 69.7 cm³/mol. The third kappa shape index (κ3) is 2.58. The monoisotopic (exact) mass is 312 g/mol. The van der Waals surface area contributed by atoms with E-state index in [4.69, 9.17) is 5.84 Å². The van der Waals surface area contributed by atoms with Gasteiger partial charge in [0.05, 0.1) is 10.5 Å². The maximum Gasteiger partial charge on any atom is 0.137 e. The van der Waals surface area contributed by atoms with Crippen LogP contribution in [0.2, 0.25) is 0 Å². The number of benzene rings is 2. The van der Waals surface area contributed by atoms with Gasteiger partial charge in [0.1, 0.15) is 11.6 Å². The van der Waals surface area contributed by atoms with Gasteiger partial charge in [-0.3, -0.25) is 5.84 Å². The molecule has 0 bridgehead atoms. The van der Waals surface area contributed by atoms with Crippen molar-refractivity contribution in [1.29, 1.82) is 0 Å². The Bertz CT molecular complexity index is 560. The second-order valence-electron chi connectivity index (χ2n) is 3.80. The Morgan fingerprint density at radius 3 is 2.50 bits per heavy atom. The van der Waals surface area contributed by atoms with Crippen molar-refractivity contribution in [3.63, 3.8) is 0 Å². The molecule has 0 saturated heterocycles. The topological polar surface area (TPSA) is 38.0 Å². The molecule has 2 nitrogen and oxygen atoms in total. The molecule has 18 heavy (non-hydrogen) atoms. The number of hydrogen-bond acceptors (Lipinski definition) is 2. The molecule has 5 heteroatoms. The van der Waals surface area contributed by atoms with Crippen LogP contribution in [0, 0.1) is 11.6 Å². The molecule has 2 aromatic rings. The van der Waals surface area contributed by atoms with Gasteiger partial charge in [-0.1, -0.05) is 24.3 Å². The van der Waals surface area contributed by atoms with Crippen LogP contribution in [0.25, 0.3) is 0 Å². The van der Waals surface area contributed by atoms with Crippen molar-refractivity contribution in [2.75, 3.05) is 0 Å². The maximum absolute atomic E-state index is 13.5. The summed E-state index contributed by atoms with van der Waals surface area (Å²) in [6.45, 7) is 0. The van der Waals surface area contributed by atoms with Crippen molar-refractivity contribution in [3.8, 4) is 0 Å². The summed E-state index contributed by atoms with van der Waals surface area (Å²) < 4.78 is 27.0. The van der Waals surface area contributed by atoms with Gasteiger partial charge in [-0.05, 0) is 45.3 Å². The average molecular weight is 313 g/mol. The van der Waals surface area contributed by atoms with Crippen LogP contribution in [-0.2, 0) is 0 Å². The van der Waals surface area contributed by atoms with Crippen LogP contribution < -0.4 is 11.3 Å². The van der Waals surface area contributed by atoms with Gasteiger partial charge in [0.2, 0.25) is 0 Å². The molecule has 94 valence electrons. The normalized spacial score (nSPS) is 12.4. The molecule has 1 unspecified atom stereocenters. The molecule has 0 aliphatic rings. The SMILES string of the molecule is NNC(c1cccc(F)c1)c1cccc(F)c1Br. The van der Waals surface area contributed by atoms with E-state index < -0.39 is 6.04 Å². The lowest BCUT2D eigenvalue weighted by molar-refractivity contribution is 0.589. The van der Waals surface area contributed by atoms with Crippen LogP contribution in [0.1, 0.15) is 17.2 Å². The molecular weight excluding hydrogens is 302 g/mol. The first-order chi connectivity index (χ1) is 8.63. The Hall–Kier alpha value is -1.30. The Kier molecular flexibility index (Phi) is 4.06. The molecule has 0 amide bonds. The largest absolute Gasteiger partial charge is 0.271 e. The lowest BCUT2D eigenvalue weighted by Gasteiger charge is -2.18. The van der Waals surface area contributed by atoms with Crippen molar-refractivity contribution in [3.05, 3.63) is 69.7 Å². The first-order valence-electron chi connectivity index (χ1n) is 5.29. The summed E-state index contributed by atoms with van der Waals surface area (Å²) in [6, 6.07) is 10.2. The zero-order chi connectivity index (χ0) is 13.1. The van der Waals surface area contributed by atoms with Gasteiger partial charge < -0.3 is 0 Å². The van der Waals surface area contributed by atoms with Crippen LogP contribution >= 0.6 is 15.9 Å². The van der Waals surface area contributed by atoms with Crippen LogP contribution in [0.4, 0.5) is 8.78 Å².